The quantitative estimate of drug-likeness (QED) is 0.458. The van der Waals surface area contributed by atoms with Crippen molar-refractivity contribution in [2.24, 2.45) is 5.92 Å². The van der Waals surface area contributed by atoms with Gasteiger partial charge < -0.3 is 19.5 Å². The Balaban J connectivity index is 3.66. The van der Waals surface area contributed by atoms with E-state index in [9.17, 15) is 4.79 Å². The van der Waals surface area contributed by atoms with Gasteiger partial charge in [-0.25, -0.2) is 0 Å². The van der Waals surface area contributed by atoms with Gasteiger partial charge in [0.15, 0.2) is 0 Å². The molecule has 0 saturated heterocycles. The lowest BCUT2D eigenvalue weighted by Crippen LogP contribution is -2.42. The maximum Gasteiger partial charge on any atom is 0.322 e. The Morgan fingerprint density at radius 1 is 1.05 bits per heavy atom. The zero-order valence-corrected chi connectivity index (χ0v) is 12.9. The van der Waals surface area contributed by atoms with Crippen molar-refractivity contribution >= 4 is 5.97 Å². The molecule has 0 bridgehead atoms. The van der Waals surface area contributed by atoms with Gasteiger partial charge in [-0.3, -0.25) is 4.79 Å². The average Bonchev–Trinajstić information content (AvgIpc) is 2.34. The smallest absolute Gasteiger partial charge is 0.322 e. The molecule has 0 saturated carbocycles. The van der Waals surface area contributed by atoms with Crippen LogP contribution >= 0.6 is 0 Å². The van der Waals surface area contributed by atoms with E-state index in [1.807, 2.05) is 13.8 Å². The van der Waals surface area contributed by atoms with Crippen LogP contribution < -0.4 is 5.32 Å². The molecule has 1 atom stereocenters. The first-order valence-corrected chi connectivity index (χ1v) is 6.96. The highest BCUT2D eigenvalue weighted by Gasteiger charge is 2.19. The summed E-state index contributed by atoms with van der Waals surface area (Å²) in [5.74, 6) is 0.298. The van der Waals surface area contributed by atoms with Crippen LogP contribution in [0.1, 0.15) is 34.1 Å². The molecule has 114 valence electrons. The van der Waals surface area contributed by atoms with Gasteiger partial charge in [-0.05, 0) is 12.3 Å². The average molecular weight is 275 g/mol. The standard InChI is InChI=1S/C14H29NO4/c1-11(2)10-19-9-8-18-7-6-13(14(16)17-5)15-12(3)4/h11-13,15H,6-10H2,1-5H3. The van der Waals surface area contributed by atoms with Crippen molar-refractivity contribution < 1.29 is 19.0 Å². The maximum absolute atomic E-state index is 11.5. The Hall–Kier alpha value is -0.650. The lowest BCUT2D eigenvalue weighted by Gasteiger charge is -2.18. The van der Waals surface area contributed by atoms with E-state index in [2.05, 4.69) is 19.2 Å². The van der Waals surface area contributed by atoms with E-state index in [0.717, 1.165) is 6.61 Å². The second-order valence-electron chi connectivity index (χ2n) is 5.27. The molecule has 5 heteroatoms. The second kappa shape index (κ2) is 11.2. The molecule has 0 rings (SSSR count). The molecule has 0 aromatic carbocycles. The Labute approximate surface area is 117 Å². The summed E-state index contributed by atoms with van der Waals surface area (Å²) in [5.41, 5.74) is 0. The van der Waals surface area contributed by atoms with E-state index in [1.54, 1.807) is 0 Å². The van der Waals surface area contributed by atoms with E-state index >= 15 is 0 Å². The lowest BCUT2D eigenvalue weighted by molar-refractivity contribution is -0.143. The summed E-state index contributed by atoms with van der Waals surface area (Å²) in [4.78, 5) is 11.5. The Bertz CT molecular complexity index is 231. The number of carbonyl (C=O) groups excluding carboxylic acids is 1. The number of hydrogen-bond donors (Lipinski definition) is 1. The zero-order chi connectivity index (χ0) is 14.7. The first kappa shape index (κ1) is 18.4. The Morgan fingerprint density at radius 2 is 1.68 bits per heavy atom. The fourth-order valence-electron chi connectivity index (χ4n) is 1.55. The highest BCUT2D eigenvalue weighted by atomic mass is 16.5. The molecule has 0 aromatic heterocycles. The van der Waals surface area contributed by atoms with E-state index in [1.165, 1.54) is 7.11 Å². The summed E-state index contributed by atoms with van der Waals surface area (Å²) in [6.45, 7) is 10.6. The van der Waals surface area contributed by atoms with Gasteiger partial charge in [-0.15, -0.1) is 0 Å². The van der Waals surface area contributed by atoms with Crippen LogP contribution in [0.25, 0.3) is 0 Å². The molecule has 0 aliphatic rings. The third kappa shape index (κ3) is 10.9. The van der Waals surface area contributed by atoms with Crippen molar-refractivity contribution in [1.82, 2.24) is 5.32 Å². The first-order chi connectivity index (χ1) is 8.97. The molecule has 5 nitrogen and oxygen atoms in total. The molecule has 0 radical (unpaired) electrons. The van der Waals surface area contributed by atoms with Gasteiger partial charge in [0.25, 0.3) is 0 Å². The van der Waals surface area contributed by atoms with Crippen molar-refractivity contribution in [1.29, 1.82) is 0 Å². The zero-order valence-electron chi connectivity index (χ0n) is 12.9. The van der Waals surface area contributed by atoms with Crippen LogP contribution in [0, 0.1) is 5.92 Å². The molecule has 1 unspecified atom stereocenters. The van der Waals surface area contributed by atoms with Gasteiger partial charge in [-0.2, -0.15) is 0 Å². The van der Waals surface area contributed by atoms with Gasteiger partial charge in [0.05, 0.1) is 20.3 Å². The number of rotatable bonds is 11. The summed E-state index contributed by atoms with van der Waals surface area (Å²) in [5, 5.41) is 3.16. The number of ether oxygens (including phenoxy) is 3. The summed E-state index contributed by atoms with van der Waals surface area (Å²) < 4.78 is 15.6. The van der Waals surface area contributed by atoms with Crippen LogP contribution in [0.3, 0.4) is 0 Å². The molecule has 0 aliphatic heterocycles. The van der Waals surface area contributed by atoms with Crippen LogP contribution in [0.2, 0.25) is 0 Å². The van der Waals surface area contributed by atoms with E-state index in [0.29, 0.717) is 32.2 Å². The van der Waals surface area contributed by atoms with Crippen LogP contribution in [0.5, 0.6) is 0 Å². The van der Waals surface area contributed by atoms with Crippen molar-refractivity contribution in [3.05, 3.63) is 0 Å². The predicted octanol–water partition coefficient (Wildman–Crippen LogP) is 1.61. The van der Waals surface area contributed by atoms with Crippen molar-refractivity contribution in [2.75, 3.05) is 33.5 Å². The van der Waals surface area contributed by atoms with E-state index in [-0.39, 0.29) is 18.1 Å². The molecule has 0 heterocycles. The minimum atomic E-state index is -0.304. The van der Waals surface area contributed by atoms with Crippen molar-refractivity contribution in [2.45, 2.75) is 46.2 Å². The van der Waals surface area contributed by atoms with Crippen LogP contribution in [0.4, 0.5) is 0 Å². The molecule has 0 amide bonds. The molecule has 0 fully saturated rings. The van der Waals surface area contributed by atoms with Crippen LogP contribution in [-0.4, -0.2) is 51.6 Å². The summed E-state index contributed by atoms with van der Waals surface area (Å²) in [6.07, 6.45) is 0.606. The van der Waals surface area contributed by atoms with Gasteiger partial charge in [0, 0.05) is 19.3 Å². The highest BCUT2D eigenvalue weighted by Crippen LogP contribution is 1.99. The number of methoxy groups -OCH3 is 1. The normalized spacial score (nSPS) is 13.0. The van der Waals surface area contributed by atoms with E-state index in [4.69, 9.17) is 14.2 Å². The lowest BCUT2D eigenvalue weighted by atomic mass is 10.2. The Kier molecular flexibility index (Phi) is 10.8. The summed E-state index contributed by atoms with van der Waals surface area (Å²) in [6, 6.07) is -0.0694. The van der Waals surface area contributed by atoms with Crippen molar-refractivity contribution in [3.63, 3.8) is 0 Å². The minimum absolute atomic E-state index is 0.235. The largest absolute Gasteiger partial charge is 0.468 e. The van der Waals surface area contributed by atoms with Gasteiger partial charge in [-0.1, -0.05) is 27.7 Å². The maximum atomic E-state index is 11.5. The molecule has 0 aliphatic carbocycles. The van der Waals surface area contributed by atoms with E-state index < -0.39 is 0 Å². The summed E-state index contributed by atoms with van der Waals surface area (Å²) in [7, 11) is 1.40. The number of nitrogens with one attached hydrogen (secondary N) is 1. The molecular formula is C14H29NO4. The number of carbonyl (C=O) groups is 1. The van der Waals surface area contributed by atoms with Crippen LogP contribution in [0.15, 0.2) is 0 Å². The summed E-state index contributed by atoms with van der Waals surface area (Å²) >= 11 is 0. The molecule has 0 aromatic rings. The minimum Gasteiger partial charge on any atom is -0.468 e. The fraction of sp³-hybridized carbons (Fsp3) is 0.929. The first-order valence-electron chi connectivity index (χ1n) is 6.96. The van der Waals surface area contributed by atoms with Gasteiger partial charge in [0.2, 0.25) is 0 Å². The highest BCUT2D eigenvalue weighted by molar-refractivity contribution is 5.75. The third-order valence-corrected chi connectivity index (χ3v) is 2.39. The van der Waals surface area contributed by atoms with Gasteiger partial charge >= 0.3 is 5.97 Å². The van der Waals surface area contributed by atoms with Crippen LogP contribution in [-0.2, 0) is 19.0 Å². The predicted molar refractivity (Wildman–Crippen MR) is 75.2 cm³/mol. The fourth-order valence-corrected chi connectivity index (χ4v) is 1.55. The monoisotopic (exact) mass is 275 g/mol. The molecule has 1 N–H and O–H groups in total. The second-order valence-corrected chi connectivity index (χ2v) is 5.27. The van der Waals surface area contributed by atoms with Gasteiger partial charge in [0.1, 0.15) is 6.04 Å². The number of esters is 1. The molecular weight excluding hydrogens is 246 g/mol. The Morgan fingerprint density at radius 3 is 2.21 bits per heavy atom. The molecule has 19 heavy (non-hydrogen) atoms. The molecule has 0 spiro atoms. The topological polar surface area (TPSA) is 56.8 Å². The SMILES string of the molecule is COC(=O)C(CCOCCOCC(C)C)NC(C)C. The third-order valence-electron chi connectivity index (χ3n) is 2.39. The number of hydrogen-bond acceptors (Lipinski definition) is 5. The van der Waals surface area contributed by atoms with Crippen molar-refractivity contribution in [3.8, 4) is 0 Å².